The molecule has 3 rings (SSSR count). The zero-order valence-corrected chi connectivity index (χ0v) is 17.7. The average Bonchev–Trinajstić information content (AvgIpc) is 3.21. The van der Waals surface area contributed by atoms with Crippen LogP contribution in [0.25, 0.3) is 10.4 Å². The van der Waals surface area contributed by atoms with Crippen molar-refractivity contribution in [2.75, 3.05) is 0 Å². The molecule has 0 saturated carbocycles. The number of nitrogens with two attached hydrogens (primary N) is 1. The first kappa shape index (κ1) is 24.1. The third kappa shape index (κ3) is 6.48. The van der Waals surface area contributed by atoms with E-state index in [9.17, 15) is 26.7 Å². The largest absolute Gasteiger partial charge is 0.481 e. The van der Waals surface area contributed by atoms with Gasteiger partial charge in [-0.3, -0.25) is 9.79 Å². The van der Waals surface area contributed by atoms with Crippen LogP contribution in [0.1, 0.15) is 16.0 Å². The highest BCUT2D eigenvalue weighted by Gasteiger charge is 2.32. The molecule has 4 nitrogen and oxygen atoms in total. The molecule has 0 amide bonds. The molecule has 0 aliphatic heterocycles. The minimum atomic E-state index is -4.78. The highest BCUT2D eigenvalue weighted by molar-refractivity contribution is 7.17. The van der Waals surface area contributed by atoms with Gasteiger partial charge in [0.1, 0.15) is 17.3 Å². The zero-order chi connectivity index (χ0) is 24.2. The normalized spacial score (nSPS) is 12.8. The van der Waals surface area contributed by atoms with Crippen molar-refractivity contribution in [1.82, 2.24) is 0 Å². The lowest BCUT2D eigenvalue weighted by molar-refractivity contribution is -0.136. The molecule has 2 aromatic carbocycles. The van der Waals surface area contributed by atoms with Gasteiger partial charge in [-0.1, -0.05) is 24.3 Å². The summed E-state index contributed by atoms with van der Waals surface area (Å²) in [5, 5.41) is 8.97. The Morgan fingerprint density at radius 3 is 2.52 bits per heavy atom. The summed E-state index contributed by atoms with van der Waals surface area (Å²) in [6.45, 7) is -0.329. The highest BCUT2D eigenvalue weighted by atomic mass is 32.1. The fourth-order valence-electron chi connectivity index (χ4n) is 2.88. The maximum Gasteiger partial charge on any atom is 0.430 e. The van der Waals surface area contributed by atoms with E-state index in [0.29, 0.717) is 33.0 Å². The van der Waals surface area contributed by atoms with E-state index < -0.39 is 29.5 Å². The van der Waals surface area contributed by atoms with Crippen LogP contribution in [0.15, 0.2) is 71.4 Å². The molecule has 3 aromatic rings. The molecule has 0 unspecified atom stereocenters. The molecule has 0 atom stereocenters. The maximum atomic E-state index is 13.9. The topological polar surface area (TPSA) is 75.7 Å². The first-order valence-electron chi connectivity index (χ1n) is 9.47. The highest BCUT2D eigenvalue weighted by Crippen LogP contribution is 2.31. The number of alkyl halides is 3. The standard InChI is InChI=1S/C23H17F5N2O2S/c24-16-5-4-15(17(25)10-16)12-30-18(11-21(29)23(26,27)28)20-7-6-19(33-20)14-3-1-2-13(8-14)9-22(31)32/h1-8,10-11H,9,12,29H2,(H,31,32)/b21-11-,30-18?. The van der Waals surface area contributed by atoms with Crippen LogP contribution in [0.3, 0.4) is 0 Å². The Bertz CT molecular complexity index is 1230. The Balaban J connectivity index is 1.98. The molecule has 10 heteroatoms. The van der Waals surface area contributed by atoms with E-state index in [2.05, 4.69) is 4.99 Å². The summed E-state index contributed by atoms with van der Waals surface area (Å²) < 4.78 is 66.1. The Labute approximate surface area is 189 Å². The number of carbonyl (C=O) groups is 1. The predicted molar refractivity (Wildman–Crippen MR) is 116 cm³/mol. The summed E-state index contributed by atoms with van der Waals surface area (Å²) in [5.74, 6) is -2.64. The van der Waals surface area contributed by atoms with Crippen LogP contribution >= 0.6 is 11.3 Å². The van der Waals surface area contributed by atoms with E-state index in [1.54, 1.807) is 36.4 Å². The number of hydrogen-bond acceptors (Lipinski definition) is 4. The van der Waals surface area contributed by atoms with Crippen LogP contribution in [0.2, 0.25) is 0 Å². The second-order valence-corrected chi connectivity index (χ2v) is 8.05. The van der Waals surface area contributed by atoms with Crippen LogP contribution < -0.4 is 5.73 Å². The van der Waals surface area contributed by atoms with Crippen molar-refractivity contribution in [3.05, 3.63) is 94.0 Å². The second kappa shape index (κ2) is 9.95. The fourth-order valence-corrected chi connectivity index (χ4v) is 3.87. The van der Waals surface area contributed by atoms with Crippen molar-refractivity contribution in [3.8, 4) is 10.4 Å². The van der Waals surface area contributed by atoms with E-state index in [1.165, 1.54) is 0 Å². The maximum absolute atomic E-state index is 13.9. The summed E-state index contributed by atoms with van der Waals surface area (Å²) >= 11 is 1.12. The van der Waals surface area contributed by atoms with Gasteiger partial charge < -0.3 is 10.8 Å². The van der Waals surface area contributed by atoms with E-state index in [-0.39, 0.29) is 24.2 Å². The molecule has 0 aliphatic rings. The van der Waals surface area contributed by atoms with E-state index in [0.717, 1.165) is 23.5 Å². The zero-order valence-electron chi connectivity index (χ0n) is 16.9. The number of hydrogen-bond donors (Lipinski definition) is 2. The minimum Gasteiger partial charge on any atom is -0.481 e. The molecule has 3 N–H and O–H groups in total. The Kier molecular flexibility index (Phi) is 7.27. The van der Waals surface area contributed by atoms with Gasteiger partial charge >= 0.3 is 12.1 Å². The molecular weight excluding hydrogens is 463 g/mol. The van der Waals surface area contributed by atoms with E-state index in [4.69, 9.17) is 10.8 Å². The number of aliphatic carboxylic acids is 1. The summed E-state index contributed by atoms with van der Waals surface area (Å²) in [6, 6.07) is 12.8. The third-order valence-corrected chi connectivity index (χ3v) is 5.64. The van der Waals surface area contributed by atoms with Gasteiger partial charge in [-0.15, -0.1) is 11.3 Å². The summed E-state index contributed by atoms with van der Waals surface area (Å²) in [6.07, 6.45) is -4.29. The number of nitrogens with zero attached hydrogens (tertiary/aromatic N) is 1. The van der Waals surface area contributed by atoms with Gasteiger partial charge in [-0.25, -0.2) is 8.78 Å². The minimum absolute atomic E-state index is 0.00558. The number of thiophene rings is 1. The fraction of sp³-hybridized carbons (Fsp3) is 0.130. The van der Waals surface area contributed by atoms with E-state index >= 15 is 0 Å². The van der Waals surface area contributed by atoms with Gasteiger partial charge in [0.25, 0.3) is 0 Å². The lowest BCUT2D eigenvalue weighted by atomic mass is 10.1. The summed E-state index contributed by atoms with van der Waals surface area (Å²) in [4.78, 5) is 16.1. The number of carboxylic acid groups (broad SMARTS) is 1. The number of rotatable bonds is 7. The van der Waals surface area contributed by atoms with Gasteiger partial charge in [-0.05, 0) is 41.5 Å². The van der Waals surface area contributed by atoms with Crippen molar-refractivity contribution >= 4 is 23.0 Å². The Morgan fingerprint density at radius 1 is 1.09 bits per heavy atom. The summed E-state index contributed by atoms with van der Waals surface area (Å²) in [5.41, 5.74) is 4.93. The number of halogens is 5. The molecule has 0 fully saturated rings. The molecule has 0 saturated heterocycles. The molecule has 0 aliphatic carbocycles. The van der Waals surface area contributed by atoms with Gasteiger partial charge in [0, 0.05) is 16.5 Å². The Hall–Kier alpha value is -3.53. The molecule has 0 bridgehead atoms. The van der Waals surface area contributed by atoms with Crippen LogP contribution in [-0.4, -0.2) is 23.0 Å². The van der Waals surface area contributed by atoms with Crippen LogP contribution in [0, 0.1) is 11.6 Å². The lowest BCUT2D eigenvalue weighted by Gasteiger charge is -2.08. The van der Waals surface area contributed by atoms with Gasteiger partial charge in [0.05, 0.1) is 23.6 Å². The molecule has 172 valence electrons. The quantitative estimate of drug-likeness (QED) is 0.336. The molecule has 0 spiro atoms. The first-order chi connectivity index (χ1) is 15.5. The number of benzene rings is 2. The predicted octanol–water partition coefficient (Wildman–Crippen LogP) is 5.71. The lowest BCUT2D eigenvalue weighted by Crippen LogP contribution is -2.20. The Morgan fingerprint density at radius 2 is 1.85 bits per heavy atom. The third-order valence-electron chi connectivity index (χ3n) is 4.48. The van der Waals surface area contributed by atoms with Crippen molar-refractivity contribution in [3.63, 3.8) is 0 Å². The van der Waals surface area contributed by atoms with Gasteiger partial charge in [0.15, 0.2) is 0 Å². The first-order valence-corrected chi connectivity index (χ1v) is 10.3. The van der Waals surface area contributed by atoms with Crippen molar-refractivity contribution < 1.29 is 31.9 Å². The van der Waals surface area contributed by atoms with Crippen molar-refractivity contribution in [2.24, 2.45) is 10.7 Å². The molecule has 33 heavy (non-hydrogen) atoms. The van der Waals surface area contributed by atoms with Crippen LogP contribution in [0.4, 0.5) is 22.0 Å². The SMILES string of the molecule is N/C(=C\C(=NCc1ccc(F)cc1F)c1ccc(-c2cccc(CC(=O)O)c2)s1)C(F)(F)F. The monoisotopic (exact) mass is 480 g/mol. The van der Waals surface area contributed by atoms with Crippen molar-refractivity contribution in [2.45, 2.75) is 19.1 Å². The molecule has 1 aromatic heterocycles. The second-order valence-electron chi connectivity index (χ2n) is 6.97. The molecular formula is C23H17F5N2O2S. The van der Waals surface area contributed by atoms with Gasteiger partial charge in [0.2, 0.25) is 0 Å². The van der Waals surface area contributed by atoms with E-state index in [1.807, 2.05) is 0 Å². The summed E-state index contributed by atoms with van der Waals surface area (Å²) in [7, 11) is 0. The molecule has 0 radical (unpaired) electrons. The number of allylic oxidation sites excluding steroid dienone is 2. The molecule has 1 heterocycles. The smallest absolute Gasteiger partial charge is 0.430 e. The number of carboxylic acids is 1. The van der Waals surface area contributed by atoms with Crippen molar-refractivity contribution in [1.29, 1.82) is 0 Å². The average molecular weight is 480 g/mol. The van der Waals surface area contributed by atoms with Crippen LogP contribution in [-0.2, 0) is 17.8 Å². The van der Waals surface area contributed by atoms with Gasteiger partial charge in [-0.2, -0.15) is 13.2 Å². The number of aliphatic imine (C=N–C) groups is 1. The van der Waals surface area contributed by atoms with Crippen LogP contribution in [0.5, 0.6) is 0 Å².